The largest absolute Gasteiger partial charge is 0.481 e. The van der Waals surface area contributed by atoms with Gasteiger partial charge in [0, 0.05) is 29.5 Å². The Kier molecular flexibility index (Phi) is 8.91. The minimum Gasteiger partial charge on any atom is -0.481 e. The Bertz CT molecular complexity index is 917. The summed E-state index contributed by atoms with van der Waals surface area (Å²) in [5.74, 6) is 0.299. The van der Waals surface area contributed by atoms with Crippen molar-refractivity contribution in [2.45, 2.75) is 50.1 Å². The van der Waals surface area contributed by atoms with Crippen molar-refractivity contribution in [3.63, 3.8) is 0 Å². The zero-order valence-corrected chi connectivity index (χ0v) is 18.0. The van der Waals surface area contributed by atoms with E-state index in [0.717, 1.165) is 71.8 Å². The number of carbonyl (C=O) groups is 1. The molecule has 0 radical (unpaired) electrons. The van der Waals surface area contributed by atoms with E-state index in [4.69, 9.17) is 10.1 Å². The molecule has 0 fully saturated rings. The number of unbranched alkanes of at least 4 members (excludes halogenated alkanes) is 5. The molecule has 4 nitrogen and oxygen atoms in total. The Morgan fingerprint density at radius 2 is 1.40 bits per heavy atom. The summed E-state index contributed by atoms with van der Waals surface area (Å²) in [4.78, 5) is 20.0. The van der Waals surface area contributed by atoms with E-state index in [1.165, 1.54) is 0 Å². The van der Waals surface area contributed by atoms with Crippen LogP contribution < -0.4 is 0 Å². The second kappa shape index (κ2) is 12.1. The van der Waals surface area contributed by atoms with Crippen molar-refractivity contribution < 1.29 is 9.90 Å². The van der Waals surface area contributed by atoms with E-state index in [2.05, 4.69) is 29.2 Å². The van der Waals surface area contributed by atoms with Crippen LogP contribution in [-0.2, 0) is 4.79 Å². The third kappa shape index (κ3) is 6.99. The van der Waals surface area contributed by atoms with Crippen LogP contribution in [0.5, 0.6) is 0 Å². The molecule has 1 N–H and O–H groups in total. The number of thioether (sulfide) groups is 1. The molecule has 1 heterocycles. The van der Waals surface area contributed by atoms with E-state index < -0.39 is 5.97 Å². The van der Waals surface area contributed by atoms with Crippen LogP contribution in [-0.4, -0.2) is 26.8 Å². The molecule has 1 aromatic heterocycles. The predicted molar refractivity (Wildman–Crippen MR) is 124 cm³/mol. The molecule has 0 bridgehead atoms. The van der Waals surface area contributed by atoms with E-state index >= 15 is 0 Å². The van der Waals surface area contributed by atoms with Crippen LogP contribution in [0.3, 0.4) is 0 Å². The highest BCUT2D eigenvalue weighted by atomic mass is 32.2. The molecule has 0 saturated carbocycles. The highest BCUT2D eigenvalue weighted by Crippen LogP contribution is 2.31. The number of hydrogen-bond acceptors (Lipinski definition) is 4. The highest BCUT2D eigenvalue weighted by molar-refractivity contribution is 7.99. The first-order valence-corrected chi connectivity index (χ1v) is 11.5. The Morgan fingerprint density at radius 1 is 0.800 bits per heavy atom. The second-order valence-corrected chi connectivity index (χ2v) is 8.32. The summed E-state index contributed by atoms with van der Waals surface area (Å²) in [6.45, 7) is 0. The maximum atomic E-state index is 10.5. The number of nitrogens with zero attached hydrogens (tertiary/aromatic N) is 2. The summed E-state index contributed by atoms with van der Waals surface area (Å²) in [5, 5.41) is 9.47. The lowest BCUT2D eigenvalue weighted by Gasteiger charge is -2.11. The minimum atomic E-state index is -0.695. The van der Waals surface area contributed by atoms with E-state index in [1.807, 2.05) is 42.6 Å². The lowest BCUT2D eigenvalue weighted by Crippen LogP contribution is -1.95. The van der Waals surface area contributed by atoms with E-state index in [0.29, 0.717) is 0 Å². The number of benzene rings is 2. The van der Waals surface area contributed by atoms with Crippen molar-refractivity contribution >= 4 is 17.7 Å². The molecule has 2 aromatic carbocycles. The average molecular weight is 421 g/mol. The van der Waals surface area contributed by atoms with Gasteiger partial charge in [-0.2, -0.15) is 0 Å². The van der Waals surface area contributed by atoms with Gasteiger partial charge in [-0.3, -0.25) is 4.79 Å². The maximum absolute atomic E-state index is 10.5. The molecule has 0 aliphatic rings. The van der Waals surface area contributed by atoms with Crippen molar-refractivity contribution in [3.8, 4) is 22.4 Å². The topological polar surface area (TPSA) is 63.1 Å². The number of aliphatic carboxylic acids is 1. The maximum Gasteiger partial charge on any atom is 0.303 e. The third-order valence-corrected chi connectivity index (χ3v) is 5.86. The Morgan fingerprint density at radius 3 is 2.07 bits per heavy atom. The molecule has 0 aliphatic heterocycles. The number of carboxylic acids is 1. The van der Waals surface area contributed by atoms with Crippen molar-refractivity contribution in [3.05, 3.63) is 66.9 Å². The van der Waals surface area contributed by atoms with Crippen LogP contribution >= 0.6 is 11.8 Å². The molecule has 0 atom stereocenters. The summed E-state index contributed by atoms with van der Waals surface area (Å²) < 4.78 is 0. The monoisotopic (exact) mass is 420 g/mol. The van der Waals surface area contributed by atoms with Gasteiger partial charge in [-0.15, -0.1) is 0 Å². The van der Waals surface area contributed by atoms with Gasteiger partial charge < -0.3 is 5.11 Å². The van der Waals surface area contributed by atoms with Crippen LogP contribution in [0.15, 0.2) is 72.0 Å². The SMILES string of the molecule is O=C(O)CCCCCCCCSc1ncc(-c2ccccc2)c(-c2ccccc2)n1. The molecule has 3 rings (SSSR count). The first-order valence-electron chi connectivity index (χ1n) is 10.6. The zero-order valence-electron chi connectivity index (χ0n) is 17.2. The first-order chi connectivity index (χ1) is 14.7. The van der Waals surface area contributed by atoms with Crippen LogP contribution in [0.4, 0.5) is 0 Å². The fourth-order valence-corrected chi connectivity index (χ4v) is 4.14. The van der Waals surface area contributed by atoms with E-state index in [1.54, 1.807) is 11.8 Å². The number of carboxylic acid groups (broad SMARTS) is 1. The van der Waals surface area contributed by atoms with Crippen molar-refractivity contribution in [2.24, 2.45) is 0 Å². The number of hydrogen-bond donors (Lipinski definition) is 1. The normalized spacial score (nSPS) is 10.8. The highest BCUT2D eigenvalue weighted by Gasteiger charge is 2.11. The molecule has 30 heavy (non-hydrogen) atoms. The molecule has 0 unspecified atom stereocenters. The van der Waals surface area contributed by atoms with E-state index in [9.17, 15) is 4.79 Å². The minimum absolute atomic E-state index is 0.288. The Hall–Kier alpha value is -2.66. The van der Waals surface area contributed by atoms with Gasteiger partial charge >= 0.3 is 5.97 Å². The van der Waals surface area contributed by atoms with Gasteiger partial charge in [-0.05, 0) is 18.4 Å². The van der Waals surface area contributed by atoms with Gasteiger partial charge in [-0.1, -0.05) is 98.1 Å². The fraction of sp³-hybridized carbons (Fsp3) is 0.320. The fourth-order valence-electron chi connectivity index (χ4n) is 3.33. The molecule has 5 heteroatoms. The van der Waals surface area contributed by atoms with Gasteiger partial charge in [0.15, 0.2) is 5.16 Å². The molecular formula is C25H28N2O2S. The first kappa shape index (κ1) is 22.0. The summed E-state index contributed by atoms with van der Waals surface area (Å²) in [7, 11) is 0. The van der Waals surface area contributed by atoms with Gasteiger partial charge in [0.1, 0.15) is 0 Å². The molecular weight excluding hydrogens is 392 g/mol. The van der Waals surface area contributed by atoms with E-state index in [-0.39, 0.29) is 6.42 Å². The molecule has 0 aliphatic carbocycles. The Labute approximate surface area is 182 Å². The van der Waals surface area contributed by atoms with Crippen LogP contribution in [0.2, 0.25) is 0 Å². The predicted octanol–water partition coefficient (Wildman–Crippen LogP) is 6.72. The Balaban J connectivity index is 1.56. The number of aromatic nitrogens is 2. The molecule has 3 aromatic rings. The summed E-state index contributed by atoms with van der Waals surface area (Å²) in [6.07, 6.45) is 8.56. The van der Waals surface area contributed by atoms with Crippen molar-refractivity contribution in [1.82, 2.24) is 9.97 Å². The third-order valence-electron chi connectivity index (χ3n) is 4.91. The summed E-state index contributed by atoms with van der Waals surface area (Å²) in [5.41, 5.74) is 4.24. The summed E-state index contributed by atoms with van der Waals surface area (Å²) >= 11 is 1.71. The number of rotatable bonds is 12. The van der Waals surface area contributed by atoms with Crippen LogP contribution in [0.25, 0.3) is 22.4 Å². The van der Waals surface area contributed by atoms with Gasteiger partial charge in [0.25, 0.3) is 0 Å². The van der Waals surface area contributed by atoms with Crippen LogP contribution in [0.1, 0.15) is 44.9 Å². The quantitative estimate of drug-likeness (QED) is 0.200. The average Bonchev–Trinajstić information content (AvgIpc) is 2.79. The molecule has 0 amide bonds. The second-order valence-electron chi connectivity index (χ2n) is 7.26. The zero-order chi connectivity index (χ0) is 21.0. The summed E-state index contributed by atoms with van der Waals surface area (Å²) in [6, 6.07) is 20.5. The van der Waals surface area contributed by atoms with Gasteiger partial charge in [0.05, 0.1) is 5.69 Å². The van der Waals surface area contributed by atoms with Crippen molar-refractivity contribution in [1.29, 1.82) is 0 Å². The lowest BCUT2D eigenvalue weighted by atomic mass is 10.0. The molecule has 0 spiro atoms. The molecule has 156 valence electrons. The smallest absolute Gasteiger partial charge is 0.303 e. The van der Waals surface area contributed by atoms with Crippen LogP contribution in [0, 0.1) is 0 Å². The standard InChI is InChI=1S/C25H28N2O2S/c28-23(29)17-11-3-1-2-4-12-18-30-25-26-19-22(20-13-7-5-8-14-20)24(27-25)21-15-9-6-10-16-21/h5-10,13-16,19H,1-4,11-12,17-18H2,(H,28,29). The lowest BCUT2D eigenvalue weighted by molar-refractivity contribution is -0.137. The van der Waals surface area contributed by atoms with Gasteiger partial charge in [0.2, 0.25) is 0 Å². The van der Waals surface area contributed by atoms with Gasteiger partial charge in [-0.25, -0.2) is 9.97 Å². The van der Waals surface area contributed by atoms with Crippen molar-refractivity contribution in [2.75, 3.05) is 5.75 Å². The molecule has 0 saturated heterocycles.